The molecule has 1 N–H and O–H groups in total. The van der Waals surface area contributed by atoms with Crippen LogP contribution in [-0.4, -0.2) is 10.9 Å². The van der Waals surface area contributed by atoms with Crippen LogP contribution in [-0.2, 0) is 0 Å². The number of aryl methyl sites for hydroxylation is 1. The van der Waals surface area contributed by atoms with Crippen LogP contribution in [0.4, 0.5) is 5.69 Å². The van der Waals surface area contributed by atoms with E-state index in [2.05, 4.69) is 10.3 Å². The van der Waals surface area contributed by atoms with Crippen molar-refractivity contribution in [3.05, 3.63) is 84.3 Å². The Kier molecular flexibility index (Phi) is 4.11. The van der Waals surface area contributed by atoms with Gasteiger partial charge in [-0.15, -0.1) is 0 Å². The number of anilines is 1. The minimum absolute atomic E-state index is 0.225. The smallest absolute Gasteiger partial charge is 0.291 e. The SMILES string of the molecule is Cc1ccc2oc(C(=O)Nc3ccc(Oc4ccccc4)cc3)cc2n1. The Bertz CT molecular complexity index is 1050. The van der Waals surface area contributed by atoms with Crippen molar-refractivity contribution in [3.8, 4) is 11.5 Å². The average Bonchev–Trinajstić information content (AvgIpc) is 3.07. The Morgan fingerprint density at radius 1 is 0.962 bits per heavy atom. The molecular weight excluding hydrogens is 328 g/mol. The lowest BCUT2D eigenvalue weighted by Crippen LogP contribution is -2.10. The first-order valence-corrected chi connectivity index (χ1v) is 8.19. The van der Waals surface area contributed by atoms with E-state index in [1.165, 1.54) is 0 Å². The summed E-state index contributed by atoms with van der Waals surface area (Å²) in [5.74, 6) is 1.35. The van der Waals surface area contributed by atoms with Crippen LogP contribution in [0.3, 0.4) is 0 Å². The molecule has 0 aliphatic heterocycles. The van der Waals surface area contributed by atoms with Gasteiger partial charge in [0.25, 0.3) is 5.91 Å². The second-order valence-electron chi connectivity index (χ2n) is 5.84. The van der Waals surface area contributed by atoms with E-state index in [4.69, 9.17) is 9.15 Å². The first-order valence-electron chi connectivity index (χ1n) is 8.19. The van der Waals surface area contributed by atoms with Gasteiger partial charge in [0.05, 0.1) is 0 Å². The van der Waals surface area contributed by atoms with Crippen molar-refractivity contribution in [1.29, 1.82) is 0 Å². The van der Waals surface area contributed by atoms with Crippen LogP contribution in [0.25, 0.3) is 11.1 Å². The molecule has 0 unspecified atom stereocenters. The zero-order valence-corrected chi connectivity index (χ0v) is 14.1. The third-order valence-corrected chi connectivity index (χ3v) is 3.83. The number of nitrogens with zero attached hydrogens (tertiary/aromatic N) is 1. The molecule has 0 radical (unpaired) electrons. The van der Waals surface area contributed by atoms with E-state index >= 15 is 0 Å². The van der Waals surface area contributed by atoms with Gasteiger partial charge < -0.3 is 14.5 Å². The molecule has 26 heavy (non-hydrogen) atoms. The maximum atomic E-state index is 12.4. The van der Waals surface area contributed by atoms with Gasteiger partial charge in [0.2, 0.25) is 0 Å². The molecule has 0 saturated carbocycles. The Labute approximate surface area is 150 Å². The first kappa shape index (κ1) is 15.9. The molecule has 0 bridgehead atoms. The normalized spacial score (nSPS) is 10.7. The van der Waals surface area contributed by atoms with E-state index < -0.39 is 0 Å². The number of pyridine rings is 1. The number of aromatic nitrogens is 1. The molecule has 0 aliphatic carbocycles. The molecular formula is C21H16N2O3. The topological polar surface area (TPSA) is 64.4 Å². The van der Waals surface area contributed by atoms with Gasteiger partial charge in [-0.05, 0) is 55.5 Å². The summed E-state index contributed by atoms with van der Waals surface area (Å²) in [6.45, 7) is 1.89. The second-order valence-corrected chi connectivity index (χ2v) is 5.84. The molecule has 1 amide bonds. The highest BCUT2D eigenvalue weighted by Crippen LogP contribution is 2.23. The molecule has 0 fully saturated rings. The number of hydrogen-bond acceptors (Lipinski definition) is 4. The lowest BCUT2D eigenvalue weighted by atomic mass is 10.3. The number of amides is 1. The number of hydrogen-bond donors (Lipinski definition) is 1. The van der Waals surface area contributed by atoms with Crippen molar-refractivity contribution >= 4 is 22.7 Å². The zero-order valence-electron chi connectivity index (χ0n) is 14.1. The van der Waals surface area contributed by atoms with E-state index in [0.717, 1.165) is 11.4 Å². The van der Waals surface area contributed by atoms with Crippen molar-refractivity contribution in [1.82, 2.24) is 4.98 Å². The molecule has 5 nitrogen and oxygen atoms in total. The zero-order chi connectivity index (χ0) is 17.9. The molecule has 128 valence electrons. The van der Waals surface area contributed by atoms with Gasteiger partial charge in [0.1, 0.15) is 17.0 Å². The van der Waals surface area contributed by atoms with E-state index in [-0.39, 0.29) is 11.7 Å². The summed E-state index contributed by atoms with van der Waals surface area (Å²) < 4.78 is 11.3. The summed E-state index contributed by atoms with van der Waals surface area (Å²) in [5, 5.41) is 2.81. The van der Waals surface area contributed by atoms with Crippen molar-refractivity contribution in [2.45, 2.75) is 6.92 Å². The van der Waals surface area contributed by atoms with Crippen LogP contribution in [0, 0.1) is 6.92 Å². The molecule has 2 aromatic carbocycles. The van der Waals surface area contributed by atoms with Crippen LogP contribution < -0.4 is 10.1 Å². The maximum Gasteiger partial charge on any atom is 0.291 e. The number of ether oxygens (including phenoxy) is 1. The van der Waals surface area contributed by atoms with Crippen LogP contribution in [0.1, 0.15) is 16.2 Å². The molecule has 0 aliphatic rings. The van der Waals surface area contributed by atoms with Gasteiger partial charge >= 0.3 is 0 Å². The lowest BCUT2D eigenvalue weighted by Gasteiger charge is -2.07. The van der Waals surface area contributed by atoms with Crippen LogP contribution in [0.2, 0.25) is 0 Å². The summed E-state index contributed by atoms with van der Waals surface area (Å²) in [5.41, 5.74) is 2.79. The van der Waals surface area contributed by atoms with E-state index in [1.807, 2.05) is 49.4 Å². The van der Waals surface area contributed by atoms with Crippen molar-refractivity contribution in [3.63, 3.8) is 0 Å². The summed E-state index contributed by atoms with van der Waals surface area (Å²) in [6, 6.07) is 22.0. The highest BCUT2D eigenvalue weighted by molar-refractivity contribution is 6.04. The second kappa shape index (κ2) is 6.72. The van der Waals surface area contributed by atoms with Gasteiger partial charge in [-0.1, -0.05) is 18.2 Å². The number of fused-ring (bicyclic) bond motifs is 1. The fourth-order valence-corrected chi connectivity index (χ4v) is 2.56. The molecule has 0 atom stereocenters. The number of furan rings is 1. The summed E-state index contributed by atoms with van der Waals surface area (Å²) >= 11 is 0. The molecule has 0 spiro atoms. The minimum Gasteiger partial charge on any atom is -0.457 e. The molecule has 2 aromatic heterocycles. The third-order valence-electron chi connectivity index (χ3n) is 3.83. The monoisotopic (exact) mass is 344 g/mol. The number of carbonyl (C=O) groups excluding carboxylic acids is 1. The Morgan fingerprint density at radius 3 is 2.46 bits per heavy atom. The standard InChI is InChI=1S/C21H16N2O3/c1-14-7-12-19-18(22-14)13-20(26-19)21(24)23-15-8-10-17(11-9-15)25-16-5-3-2-4-6-16/h2-13H,1H3,(H,23,24). The first-order chi connectivity index (χ1) is 12.7. The van der Waals surface area contributed by atoms with Crippen molar-refractivity contribution in [2.24, 2.45) is 0 Å². The lowest BCUT2D eigenvalue weighted by molar-refractivity contribution is 0.0998. The minimum atomic E-state index is -0.322. The van der Waals surface area contributed by atoms with Crippen LogP contribution >= 0.6 is 0 Å². The number of carbonyl (C=O) groups is 1. The quantitative estimate of drug-likeness (QED) is 0.554. The highest BCUT2D eigenvalue weighted by atomic mass is 16.5. The number of rotatable bonds is 4. The van der Waals surface area contributed by atoms with E-state index in [9.17, 15) is 4.79 Å². The molecule has 2 heterocycles. The van der Waals surface area contributed by atoms with Crippen LogP contribution in [0.15, 0.2) is 77.2 Å². The fourth-order valence-electron chi connectivity index (χ4n) is 2.56. The molecule has 4 rings (SSSR count). The van der Waals surface area contributed by atoms with Gasteiger partial charge in [0, 0.05) is 17.4 Å². The predicted octanol–water partition coefficient (Wildman–Crippen LogP) is 5.18. The largest absolute Gasteiger partial charge is 0.457 e. The highest BCUT2D eigenvalue weighted by Gasteiger charge is 2.13. The van der Waals surface area contributed by atoms with E-state index in [0.29, 0.717) is 22.5 Å². The van der Waals surface area contributed by atoms with Gasteiger partial charge in [-0.25, -0.2) is 4.98 Å². The number of nitrogens with one attached hydrogen (secondary N) is 1. The third kappa shape index (κ3) is 3.42. The van der Waals surface area contributed by atoms with Crippen LogP contribution in [0.5, 0.6) is 11.5 Å². The maximum absolute atomic E-state index is 12.4. The van der Waals surface area contributed by atoms with Gasteiger partial charge in [-0.2, -0.15) is 0 Å². The average molecular weight is 344 g/mol. The van der Waals surface area contributed by atoms with Crippen molar-refractivity contribution < 1.29 is 13.9 Å². The summed E-state index contributed by atoms with van der Waals surface area (Å²) in [4.78, 5) is 16.7. The number of benzene rings is 2. The predicted molar refractivity (Wildman–Crippen MR) is 99.7 cm³/mol. The Morgan fingerprint density at radius 2 is 1.69 bits per heavy atom. The molecule has 5 heteroatoms. The molecule has 4 aromatic rings. The summed E-state index contributed by atoms with van der Waals surface area (Å²) in [6.07, 6.45) is 0. The van der Waals surface area contributed by atoms with Gasteiger partial charge in [0.15, 0.2) is 11.3 Å². The molecule has 0 saturated heterocycles. The fraction of sp³-hybridized carbons (Fsp3) is 0.0476. The summed E-state index contributed by atoms with van der Waals surface area (Å²) in [7, 11) is 0. The Hall–Kier alpha value is -3.60. The van der Waals surface area contributed by atoms with E-state index in [1.54, 1.807) is 30.3 Å². The van der Waals surface area contributed by atoms with Crippen molar-refractivity contribution in [2.75, 3.05) is 5.32 Å². The number of para-hydroxylation sites is 1. The van der Waals surface area contributed by atoms with Gasteiger partial charge in [-0.3, -0.25) is 4.79 Å². The Balaban J connectivity index is 1.46.